The molecule has 0 saturated carbocycles. The van der Waals surface area contributed by atoms with Crippen molar-refractivity contribution < 1.29 is 18.4 Å². The SMILES string of the molecule is CS(=O)(CCCCc1nonc1/C(Cc1ccc(F)c(Br)c1)=N/O)=NC#N. The van der Waals surface area contributed by atoms with Crippen LogP contribution in [0, 0.1) is 17.3 Å². The third kappa shape index (κ3) is 6.11. The van der Waals surface area contributed by atoms with Gasteiger partial charge in [-0.15, -0.1) is 4.36 Å². The molecular formula is C16H17BrFN5O3S. The predicted molar refractivity (Wildman–Crippen MR) is 100 cm³/mol. The summed E-state index contributed by atoms with van der Waals surface area (Å²) in [6.07, 6.45) is 4.87. The van der Waals surface area contributed by atoms with E-state index in [2.05, 4.69) is 35.8 Å². The molecule has 1 N–H and O–H groups in total. The second-order valence-corrected chi connectivity index (χ2v) is 9.21. The summed E-state index contributed by atoms with van der Waals surface area (Å²) in [5, 5.41) is 28.8. The van der Waals surface area contributed by atoms with Gasteiger partial charge in [0.15, 0.2) is 5.69 Å². The van der Waals surface area contributed by atoms with E-state index in [1.54, 1.807) is 18.3 Å². The molecule has 0 fully saturated rings. The highest BCUT2D eigenvalue weighted by Gasteiger charge is 2.18. The van der Waals surface area contributed by atoms with E-state index in [4.69, 9.17) is 9.89 Å². The number of nitriles is 1. The molecule has 11 heteroatoms. The van der Waals surface area contributed by atoms with Crippen LogP contribution in [0.1, 0.15) is 29.8 Å². The molecule has 2 aromatic rings. The summed E-state index contributed by atoms with van der Waals surface area (Å²) >= 11 is 3.12. The summed E-state index contributed by atoms with van der Waals surface area (Å²) in [4.78, 5) is 0. The van der Waals surface area contributed by atoms with Crippen molar-refractivity contribution in [2.45, 2.75) is 25.7 Å². The van der Waals surface area contributed by atoms with Gasteiger partial charge in [0.05, 0.1) is 14.2 Å². The smallest absolute Gasteiger partial charge is 0.214 e. The van der Waals surface area contributed by atoms with E-state index in [1.807, 2.05) is 0 Å². The van der Waals surface area contributed by atoms with Crippen LogP contribution < -0.4 is 0 Å². The van der Waals surface area contributed by atoms with Gasteiger partial charge >= 0.3 is 0 Å². The van der Waals surface area contributed by atoms with Crippen molar-refractivity contribution in [3.05, 3.63) is 45.4 Å². The van der Waals surface area contributed by atoms with Crippen LogP contribution in [-0.2, 0) is 22.6 Å². The molecule has 1 aromatic heterocycles. The fourth-order valence-corrected chi connectivity index (χ4v) is 3.82. The quantitative estimate of drug-likeness (QED) is 0.213. The van der Waals surface area contributed by atoms with Gasteiger partial charge in [-0.1, -0.05) is 16.4 Å². The van der Waals surface area contributed by atoms with Crippen LogP contribution in [0.4, 0.5) is 4.39 Å². The van der Waals surface area contributed by atoms with E-state index in [0.29, 0.717) is 46.4 Å². The second-order valence-electron chi connectivity index (χ2n) is 5.84. The number of halogens is 2. The van der Waals surface area contributed by atoms with Crippen molar-refractivity contribution in [2.75, 3.05) is 12.0 Å². The van der Waals surface area contributed by atoms with Gasteiger partial charge in [-0.3, -0.25) is 0 Å². The lowest BCUT2D eigenvalue weighted by atomic mass is 10.0. The van der Waals surface area contributed by atoms with Gasteiger partial charge in [-0.2, -0.15) is 5.26 Å². The molecule has 0 radical (unpaired) electrons. The lowest BCUT2D eigenvalue weighted by Gasteiger charge is -2.05. The van der Waals surface area contributed by atoms with E-state index in [0.717, 1.165) is 0 Å². The van der Waals surface area contributed by atoms with E-state index < -0.39 is 9.73 Å². The molecular weight excluding hydrogens is 441 g/mol. The number of nitrogens with zero attached hydrogens (tertiary/aromatic N) is 5. The molecule has 27 heavy (non-hydrogen) atoms. The zero-order valence-electron chi connectivity index (χ0n) is 14.4. The Bertz CT molecular complexity index is 992. The fraction of sp³-hybridized carbons (Fsp3) is 0.375. The Morgan fingerprint density at radius 3 is 2.89 bits per heavy atom. The van der Waals surface area contributed by atoms with Gasteiger partial charge in [0.1, 0.15) is 17.2 Å². The van der Waals surface area contributed by atoms with Gasteiger partial charge in [-0.05, 0) is 58.0 Å². The highest BCUT2D eigenvalue weighted by molar-refractivity contribution is 9.10. The Balaban J connectivity index is 2.03. The minimum Gasteiger partial charge on any atom is -0.411 e. The van der Waals surface area contributed by atoms with Crippen molar-refractivity contribution in [2.24, 2.45) is 9.52 Å². The molecule has 1 aromatic carbocycles. The number of unbranched alkanes of at least 4 members (excludes halogenated alkanes) is 1. The highest BCUT2D eigenvalue weighted by atomic mass is 79.9. The lowest BCUT2D eigenvalue weighted by Crippen LogP contribution is -2.10. The zero-order chi connectivity index (χ0) is 19.9. The zero-order valence-corrected chi connectivity index (χ0v) is 16.8. The van der Waals surface area contributed by atoms with Gasteiger partial charge in [0.2, 0.25) is 6.19 Å². The molecule has 0 spiro atoms. The summed E-state index contributed by atoms with van der Waals surface area (Å²) < 4.78 is 33.7. The monoisotopic (exact) mass is 457 g/mol. The maximum atomic E-state index is 13.4. The molecule has 1 unspecified atom stereocenters. The molecule has 0 aliphatic carbocycles. The van der Waals surface area contributed by atoms with E-state index in [9.17, 15) is 13.8 Å². The minimum atomic E-state index is -2.50. The molecule has 1 atom stereocenters. The number of rotatable bonds is 8. The number of hydrogen-bond acceptors (Lipinski definition) is 8. The summed E-state index contributed by atoms with van der Waals surface area (Å²) in [6.45, 7) is 0. The number of aryl methyl sites for hydroxylation is 1. The molecule has 0 aliphatic rings. The fourth-order valence-electron chi connectivity index (χ4n) is 2.39. The van der Waals surface area contributed by atoms with Crippen molar-refractivity contribution >= 4 is 31.4 Å². The standard InChI is InChI=1S/C16H17BrFN5O3S/c1-27(25,20-10-19)7-3-2-4-14-16(23-26-22-14)15(21-24)9-11-5-6-13(18)12(17)8-11/h5-6,8,24H,2-4,7,9H2,1H3/b21-15+. The Morgan fingerprint density at radius 1 is 1.44 bits per heavy atom. The Kier molecular flexibility index (Phi) is 7.44. The van der Waals surface area contributed by atoms with Crippen LogP contribution >= 0.6 is 15.9 Å². The Hall–Kier alpha value is -2.32. The van der Waals surface area contributed by atoms with Crippen molar-refractivity contribution in [1.82, 2.24) is 10.3 Å². The Labute approximate surface area is 164 Å². The van der Waals surface area contributed by atoms with Crippen LogP contribution in [0.2, 0.25) is 0 Å². The third-order valence-electron chi connectivity index (χ3n) is 3.73. The maximum Gasteiger partial charge on any atom is 0.214 e. The molecule has 2 rings (SSSR count). The van der Waals surface area contributed by atoms with Crippen LogP contribution in [0.5, 0.6) is 0 Å². The van der Waals surface area contributed by atoms with Crippen molar-refractivity contribution in [3.63, 3.8) is 0 Å². The second kappa shape index (κ2) is 9.57. The molecule has 0 aliphatic heterocycles. The number of aromatic nitrogens is 2. The van der Waals surface area contributed by atoms with Crippen LogP contribution in [0.15, 0.2) is 36.8 Å². The number of hydrogen-bond donors (Lipinski definition) is 1. The molecule has 8 nitrogen and oxygen atoms in total. The highest BCUT2D eigenvalue weighted by Crippen LogP contribution is 2.19. The normalized spacial score (nSPS) is 13.8. The molecule has 0 bridgehead atoms. The average molecular weight is 458 g/mol. The summed E-state index contributed by atoms with van der Waals surface area (Å²) in [7, 11) is -2.50. The lowest BCUT2D eigenvalue weighted by molar-refractivity contribution is 0.300. The van der Waals surface area contributed by atoms with Gasteiger partial charge < -0.3 is 5.21 Å². The molecule has 144 valence electrons. The van der Waals surface area contributed by atoms with Crippen LogP contribution in [0.3, 0.4) is 0 Å². The first-order valence-electron chi connectivity index (χ1n) is 7.91. The van der Waals surface area contributed by atoms with Crippen LogP contribution in [-0.4, -0.2) is 37.4 Å². The van der Waals surface area contributed by atoms with Gasteiger partial charge in [0.25, 0.3) is 0 Å². The molecule has 0 saturated heterocycles. The number of oxime groups is 1. The number of benzene rings is 1. The van der Waals surface area contributed by atoms with E-state index in [-0.39, 0.29) is 17.9 Å². The molecule has 1 heterocycles. The van der Waals surface area contributed by atoms with Crippen molar-refractivity contribution in [1.29, 1.82) is 5.26 Å². The third-order valence-corrected chi connectivity index (χ3v) is 5.85. The first-order chi connectivity index (χ1) is 12.9. The topological polar surface area (TPSA) is 125 Å². The van der Waals surface area contributed by atoms with Crippen molar-refractivity contribution in [3.8, 4) is 6.19 Å². The van der Waals surface area contributed by atoms with E-state index in [1.165, 1.54) is 12.3 Å². The largest absolute Gasteiger partial charge is 0.411 e. The van der Waals surface area contributed by atoms with E-state index >= 15 is 0 Å². The first kappa shape index (κ1) is 21.0. The summed E-state index contributed by atoms with van der Waals surface area (Å²) in [6, 6.07) is 4.48. The average Bonchev–Trinajstić information content (AvgIpc) is 3.08. The summed E-state index contributed by atoms with van der Waals surface area (Å²) in [5.74, 6) is -0.0909. The minimum absolute atomic E-state index is 0.209. The van der Waals surface area contributed by atoms with Gasteiger partial charge in [0, 0.05) is 18.4 Å². The summed E-state index contributed by atoms with van der Waals surface area (Å²) in [5.41, 5.74) is 1.78. The molecule has 0 amide bonds. The Morgan fingerprint density at radius 2 is 2.22 bits per heavy atom. The van der Waals surface area contributed by atoms with Gasteiger partial charge in [-0.25, -0.2) is 13.2 Å². The van der Waals surface area contributed by atoms with Crippen LogP contribution in [0.25, 0.3) is 0 Å². The maximum absolute atomic E-state index is 13.4. The first-order valence-corrected chi connectivity index (χ1v) is 10.8. The predicted octanol–water partition coefficient (Wildman–Crippen LogP) is 3.29.